The molecule has 7 nitrogen and oxygen atoms in total. The van der Waals surface area contributed by atoms with Crippen LogP contribution in [0.4, 0.5) is 5.69 Å². The van der Waals surface area contributed by atoms with E-state index in [0.29, 0.717) is 29.7 Å². The molecule has 1 saturated heterocycles. The van der Waals surface area contributed by atoms with E-state index in [1.54, 1.807) is 17.0 Å². The summed E-state index contributed by atoms with van der Waals surface area (Å²) in [5.41, 5.74) is 1.06. The number of likely N-dealkylation sites (N-methyl/N-ethyl adjacent to an activating group) is 1. The molecule has 1 heterocycles. The van der Waals surface area contributed by atoms with Crippen LogP contribution in [0, 0.1) is 5.92 Å². The molecule has 1 aliphatic rings. The van der Waals surface area contributed by atoms with Gasteiger partial charge in [-0.2, -0.15) is 0 Å². The number of benzene rings is 2. The summed E-state index contributed by atoms with van der Waals surface area (Å²) in [4.78, 5) is 40.7. The Bertz CT molecular complexity index is 910. The van der Waals surface area contributed by atoms with Crippen molar-refractivity contribution in [2.75, 3.05) is 46.2 Å². The first kappa shape index (κ1) is 19.8. The lowest BCUT2D eigenvalue weighted by molar-refractivity contribution is -0.128. The number of fused-ring (bicyclic) bond motifs is 1. The van der Waals surface area contributed by atoms with E-state index in [2.05, 4.69) is 5.32 Å². The highest BCUT2D eigenvalue weighted by atomic mass is 16.5. The second kappa shape index (κ2) is 8.39. The third-order valence-corrected chi connectivity index (χ3v) is 4.99. The molecule has 1 unspecified atom stereocenters. The van der Waals surface area contributed by atoms with Crippen molar-refractivity contribution in [2.24, 2.45) is 5.92 Å². The number of esters is 1. The normalized spacial score (nSPS) is 16.6. The molecule has 148 valence electrons. The Morgan fingerprint density at radius 3 is 2.57 bits per heavy atom. The highest BCUT2D eigenvalue weighted by molar-refractivity contribution is 6.11. The lowest BCUT2D eigenvalue weighted by Crippen LogP contribution is -2.34. The highest BCUT2D eigenvalue weighted by Crippen LogP contribution is 2.28. The van der Waals surface area contributed by atoms with E-state index in [0.717, 1.165) is 11.9 Å². The van der Waals surface area contributed by atoms with Gasteiger partial charge in [0.1, 0.15) is 0 Å². The molecule has 0 radical (unpaired) electrons. The molecule has 1 atom stereocenters. The maximum atomic E-state index is 12.8. The molecule has 28 heavy (non-hydrogen) atoms. The molecule has 2 aromatic carbocycles. The Labute approximate surface area is 164 Å². The van der Waals surface area contributed by atoms with Gasteiger partial charge < -0.3 is 19.9 Å². The molecule has 7 heteroatoms. The Hall–Kier alpha value is -2.93. The minimum Gasteiger partial charge on any atom is -0.465 e. The van der Waals surface area contributed by atoms with Gasteiger partial charge in [-0.15, -0.1) is 0 Å². The standard InChI is InChI=1S/C21H25N3O4/c1-23(2)10-11-24-13-14(12-19(24)25)20(26)22-18-9-8-17(21(27)28-3)15-6-4-5-7-16(15)18/h4-9,14H,10-13H2,1-3H3,(H,22,26). The summed E-state index contributed by atoms with van der Waals surface area (Å²) in [5.74, 6) is -0.981. The number of likely N-dealkylation sites (tertiary alicyclic amines) is 1. The molecular formula is C21H25N3O4. The van der Waals surface area contributed by atoms with Crippen LogP contribution in [0.5, 0.6) is 0 Å². The molecule has 1 N–H and O–H groups in total. The van der Waals surface area contributed by atoms with Gasteiger partial charge in [0.05, 0.1) is 18.6 Å². The van der Waals surface area contributed by atoms with Gasteiger partial charge in [0, 0.05) is 37.1 Å². The first-order valence-electron chi connectivity index (χ1n) is 9.24. The SMILES string of the molecule is COC(=O)c1ccc(NC(=O)C2CC(=O)N(CCN(C)C)C2)c2ccccc12. The molecule has 2 aromatic rings. The summed E-state index contributed by atoms with van der Waals surface area (Å²) >= 11 is 0. The second-order valence-corrected chi connectivity index (χ2v) is 7.23. The number of anilines is 1. The van der Waals surface area contributed by atoms with Crippen molar-refractivity contribution in [1.82, 2.24) is 9.80 Å². The quantitative estimate of drug-likeness (QED) is 0.772. The fourth-order valence-electron chi connectivity index (χ4n) is 3.42. The number of hydrogen-bond acceptors (Lipinski definition) is 5. The second-order valence-electron chi connectivity index (χ2n) is 7.23. The van der Waals surface area contributed by atoms with E-state index in [4.69, 9.17) is 4.74 Å². The van der Waals surface area contributed by atoms with E-state index in [-0.39, 0.29) is 24.2 Å². The van der Waals surface area contributed by atoms with Crippen molar-refractivity contribution in [3.05, 3.63) is 42.0 Å². The molecule has 0 aliphatic carbocycles. The van der Waals surface area contributed by atoms with Crippen LogP contribution in [-0.2, 0) is 14.3 Å². The Balaban J connectivity index is 1.77. The predicted octanol–water partition coefficient (Wildman–Crippen LogP) is 1.97. The van der Waals surface area contributed by atoms with Crippen molar-refractivity contribution in [1.29, 1.82) is 0 Å². The van der Waals surface area contributed by atoms with Crippen LogP contribution >= 0.6 is 0 Å². The lowest BCUT2D eigenvalue weighted by atomic mass is 10.0. The topological polar surface area (TPSA) is 78.9 Å². The Kier molecular flexibility index (Phi) is 5.94. The summed E-state index contributed by atoms with van der Waals surface area (Å²) in [6, 6.07) is 10.7. The molecule has 0 saturated carbocycles. The molecule has 0 bridgehead atoms. The van der Waals surface area contributed by atoms with Crippen LogP contribution in [0.3, 0.4) is 0 Å². The van der Waals surface area contributed by atoms with E-state index in [1.807, 2.05) is 43.3 Å². The third-order valence-electron chi connectivity index (χ3n) is 4.99. The first-order valence-corrected chi connectivity index (χ1v) is 9.24. The summed E-state index contributed by atoms with van der Waals surface area (Å²) in [5, 5.41) is 4.40. The van der Waals surface area contributed by atoms with Crippen LogP contribution < -0.4 is 5.32 Å². The minimum atomic E-state index is -0.424. The van der Waals surface area contributed by atoms with Gasteiger partial charge in [0.2, 0.25) is 11.8 Å². The molecule has 1 aliphatic heterocycles. The number of carbonyl (C=O) groups excluding carboxylic acids is 3. The molecule has 1 fully saturated rings. The number of methoxy groups -OCH3 is 1. The summed E-state index contributed by atoms with van der Waals surface area (Å²) in [7, 11) is 5.24. The van der Waals surface area contributed by atoms with Gasteiger partial charge in [0.15, 0.2) is 0 Å². The van der Waals surface area contributed by atoms with Gasteiger partial charge in [0.25, 0.3) is 0 Å². The predicted molar refractivity (Wildman–Crippen MR) is 107 cm³/mol. The average molecular weight is 383 g/mol. The number of ether oxygens (including phenoxy) is 1. The molecule has 2 amide bonds. The van der Waals surface area contributed by atoms with Crippen LogP contribution in [0.15, 0.2) is 36.4 Å². The average Bonchev–Trinajstić information content (AvgIpc) is 3.07. The number of carbonyl (C=O) groups is 3. The van der Waals surface area contributed by atoms with Crippen molar-refractivity contribution < 1.29 is 19.1 Å². The first-order chi connectivity index (χ1) is 13.4. The van der Waals surface area contributed by atoms with Crippen molar-refractivity contribution in [2.45, 2.75) is 6.42 Å². The fourth-order valence-corrected chi connectivity index (χ4v) is 3.42. The van der Waals surface area contributed by atoms with E-state index < -0.39 is 5.97 Å². The summed E-state index contributed by atoms with van der Waals surface area (Å²) in [6.45, 7) is 1.81. The number of rotatable bonds is 6. The largest absolute Gasteiger partial charge is 0.465 e. The zero-order valence-corrected chi connectivity index (χ0v) is 16.4. The van der Waals surface area contributed by atoms with Gasteiger partial charge in [-0.3, -0.25) is 9.59 Å². The Morgan fingerprint density at radius 1 is 1.18 bits per heavy atom. The van der Waals surface area contributed by atoms with Crippen LogP contribution in [-0.4, -0.2) is 68.4 Å². The molecule has 0 spiro atoms. The fraction of sp³-hybridized carbons (Fsp3) is 0.381. The number of amides is 2. The number of hydrogen-bond donors (Lipinski definition) is 1. The molecule has 3 rings (SSSR count). The van der Waals surface area contributed by atoms with Crippen LogP contribution in [0.25, 0.3) is 10.8 Å². The summed E-state index contributed by atoms with van der Waals surface area (Å²) in [6.07, 6.45) is 0.220. The zero-order chi connectivity index (χ0) is 20.3. The van der Waals surface area contributed by atoms with E-state index >= 15 is 0 Å². The van der Waals surface area contributed by atoms with Gasteiger partial charge in [-0.1, -0.05) is 24.3 Å². The smallest absolute Gasteiger partial charge is 0.338 e. The maximum absolute atomic E-state index is 12.8. The zero-order valence-electron chi connectivity index (χ0n) is 16.4. The van der Waals surface area contributed by atoms with Crippen LogP contribution in [0.1, 0.15) is 16.8 Å². The number of nitrogens with zero attached hydrogens (tertiary/aromatic N) is 2. The minimum absolute atomic E-state index is 0.00731. The van der Waals surface area contributed by atoms with Gasteiger partial charge >= 0.3 is 5.97 Å². The van der Waals surface area contributed by atoms with E-state index in [1.165, 1.54) is 7.11 Å². The maximum Gasteiger partial charge on any atom is 0.338 e. The van der Waals surface area contributed by atoms with E-state index in [9.17, 15) is 14.4 Å². The van der Waals surface area contributed by atoms with Gasteiger partial charge in [-0.05, 0) is 31.6 Å². The van der Waals surface area contributed by atoms with Gasteiger partial charge in [-0.25, -0.2) is 4.79 Å². The van der Waals surface area contributed by atoms with Crippen LogP contribution in [0.2, 0.25) is 0 Å². The van der Waals surface area contributed by atoms with Crippen molar-refractivity contribution in [3.63, 3.8) is 0 Å². The molecule has 0 aromatic heterocycles. The molecular weight excluding hydrogens is 358 g/mol. The monoisotopic (exact) mass is 383 g/mol. The number of nitrogens with one attached hydrogen (secondary N) is 1. The lowest BCUT2D eigenvalue weighted by Gasteiger charge is -2.19. The third kappa shape index (κ3) is 4.14. The van der Waals surface area contributed by atoms with Crippen molar-refractivity contribution >= 4 is 34.2 Å². The highest BCUT2D eigenvalue weighted by Gasteiger charge is 2.34. The summed E-state index contributed by atoms with van der Waals surface area (Å²) < 4.78 is 4.84. The Morgan fingerprint density at radius 2 is 1.89 bits per heavy atom. The van der Waals surface area contributed by atoms with Crippen molar-refractivity contribution in [3.8, 4) is 0 Å².